The summed E-state index contributed by atoms with van der Waals surface area (Å²) in [4.78, 5) is 3.31. The second kappa shape index (κ2) is 4.20. The molecular formula is C14H18N4O. The minimum atomic E-state index is 0.113. The first-order chi connectivity index (χ1) is 9.13. The van der Waals surface area contributed by atoms with Gasteiger partial charge in [0, 0.05) is 29.9 Å². The zero-order chi connectivity index (χ0) is 13.6. The molecule has 0 radical (unpaired) electrons. The van der Waals surface area contributed by atoms with Crippen molar-refractivity contribution in [3.05, 3.63) is 23.8 Å². The number of aryl methyl sites for hydroxylation is 2. The molecule has 5 N–H and O–H groups in total. The van der Waals surface area contributed by atoms with Gasteiger partial charge < -0.3 is 25.7 Å². The summed E-state index contributed by atoms with van der Waals surface area (Å²) in [5, 5.41) is 14.3. The number of aromatic amines is 1. The minimum absolute atomic E-state index is 0.113. The molecule has 5 nitrogen and oxygen atoms in total. The Kier molecular flexibility index (Phi) is 2.64. The SMILES string of the molecule is Cc1c(N)n(C)c2ccc3[nH]c(NCCO)cc3c12. The van der Waals surface area contributed by atoms with Crippen LogP contribution in [0.2, 0.25) is 0 Å². The van der Waals surface area contributed by atoms with E-state index in [0.717, 1.165) is 33.6 Å². The largest absolute Gasteiger partial charge is 0.395 e. The molecule has 0 unspecified atom stereocenters. The van der Waals surface area contributed by atoms with Gasteiger partial charge in [0.25, 0.3) is 0 Å². The number of fused-ring (bicyclic) bond motifs is 3. The van der Waals surface area contributed by atoms with Gasteiger partial charge in [0.15, 0.2) is 0 Å². The normalized spacial score (nSPS) is 11.5. The van der Waals surface area contributed by atoms with Crippen molar-refractivity contribution in [2.24, 2.45) is 7.05 Å². The number of nitrogens with zero attached hydrogens (tertiary/aromatic N) is 1. The van der Waals surface area contributed by atoms with Gasteiger partial charge in [0.2, 0.25) is 0 Å². The van der Waals surface area contributed by atoms with Crippen LogP contribution in [0, 0.1) is 6.92 Å². The first kappa shape index (κ1) is 11.9. The summed E-state index contributed by atoms with van der Waals surface area (Å²) >= 11 is 0. The van der Waals surface area contributed by atoms with Gasteiger partial charge in [0.1, 0.15) is 11.6 Å². The molecule has 0 amide bonds. The standard InChI is InChI=1S/C14H18N4O/c1-8-13-9-7-12(16-5-6-19)17-10(9)3-4-11(13)18(2)14(8)15/h3-4,7,16-17,19H,5-6,15H2,1-2H3. The van der Waals surface area contributed by atoms with Gasteiger partial charge in [-0.3, -0.25) is 0 Å². The molecule has 0 atom stereocenters. The van der Waals surface area contributed by atoms with Crippen molar-refractivity contribution in [3.63, 3.8) is 0 Å². The van der Waals surface area contributed by atoms with Gasteiger partial charge in [-0.1, -0.05) is 0 Å². The molecular weight excluding hydrogens is 240 g/mol. The second-order valence-electron chi connectivity index (χ2n) is 4.82. The van der Waals surface area contributed by atoms with E-state index in [2.05, 4.69) is 28.5 Å². The van der Waals surface area contributed by atoms with Crippen LogP contribution < -0.4 is 11.1 Å². The van der Waals surface area contributed by atoms with Crippen molar-refractivity contribution in [1.82, 2.24) is 9.55 Å². The summed E-state index contributed by atoms with van der Waals surface area (Å²) in [6, 6.07) is 6.20. The van der Waals surface area contributed by atoms with E-state index in [0.29, 0.717) is 6.54 Å². The van der Waals surface area contributed by atoms with E-state index in [1.165, 1.54) is 5.39 Å². The van der Waals surface area contributed by atoms with Gasteiger partial charge in [-0.05, 0) is 30.7 Å². The molecule has 0 aliphatic carbocycles. The second-order valence-corrected chi connectivity index (χ2v) is 4.82. The average Bonchev–Trinajstić information content (AvgIpc) is 2.92. The predicted octanol–water partition coefficient (Wildman–Crippen LogP) is 1.95. The van der Waals surface area contributed by atoms with E-state index in [4.69, 9.17) is 10.8 Å². The molecule has 5 heteroatoms. The molecule has 0 saturated heterocycles. The summed E-state index contributed by atoms with van der Waals surface area (Å²) in [5.41, 5.74) is 9.41. The highest BCUT2D eigenvalue weighted by atomic mass is 16.3. The topological polar surface area (TPSA) is 79.0 Å². The molecule has 2 heterocycles. The third kappa shape index (κ3) is 1.66. The smallest absolute Gasteiger partial charge is 0.107 e. The highest BCUT2D eigenvalue weighted by Crippen LogP contribution is 2.34. The lowest BCUT2D eigenvalue weighted by molar-refractivity contribution is 0.311. The third-order valence-corrected chi connectivity index (χ3v) is 3.69. The summed E-state index contributed by atoms with van der Waals surface area (Å²) < 4.78 is 2.01. The first-order valence-corrected chi connectivity index (χ1v) is 6.34. The van der Waals surface area contributed by atoms with Gasteiger partial charge in [-0.25, -0.2) is 0 Å². The molecule has 3 aromatic rings. The predicted molar refractivity (Wildman–Crippen MR) is 79.5 cm³/mol. The number of hydrogen-bond acceptors (Lipinski definition) is 3. The van der Waals surface area contributed by atoms with E-state index in [9.17, 15) is 0 Å². The lowest BCUT2D eigenvalue weighted by Gasteiger charge is -1.98. The molecule has 0 saturated carbocycles. The maximum absolute atomic E-state index is 8.86. The fourth-order valence-electron chi connectivity index (χ4n) is 2.66. The van der Waals surface area contributed by atoms with Crippen molar-refractivity contribution in [2.45, 2.75) is 6.92 Å². The Balaban J connectivity index is 2.27. The van der Waals surface area contributed by atoms with Crippen LogP contribution in [0.25, 0.3) is 21.8 Å². The number of benzene rings is 1. The Bertz CT molecular complexity index is 754. The molecule has 2 aromatic heterocycles. The molecule has 100 valence electrons. The summed E-state index contributed by atoms with van der Waals surface area (Å²) in [6.07, 6.45) is 0. The zero-order valence-corrected chi connectivity index (χ0v) is 11.1. The Morgan fingerprint density at radius 2 is 2.21 bits per heavy atom. The number of nitrogens with one attached hydrogen (secondary N) is 2. The van der Waals surface area contributed by atoms with Gasteiger partial charge in [0.05, 0.1) is 12.1 Å². The Labute approximate surface area is 111 Å². The number of rotatable bonds is 3. The monoisotopic (exact) mass is 258 g/mol. The third-order valence-electron chi connectivity index (χ3n) is 3.69. The summed E-state index contributed by atoms with van der Waals surface area (Å²) in [7, 11) is 1.98. The molecule has 3 rings (SSSR count). The van der Waals surface area contributed by atoms with E-state index >= 15 is 0 Å². The molecule has 0 spiro atoms. The maximum atomic E-state index is 8.86. The summed E-state index contributed by atoms with van der Waals surface area (Å²) in [5.74, 6) is 1.71. The van der Waals surface area contributed by atoms with E-state index in [1.54, 1.807) is 0 Å². The van der Waals surface area contributed by atoms with Crippen LogP contribution in [0.5, 0.6) is 0 Å². The first-order valence-electron chi connectivity index (χ1n) is 6.34. The van der Waals surface area contributed by atoms with Crippen LogP contribution in [-0.4, -0.2) is 27.8 Å². The number of anilines is 2. The quantitative estimate of drug-likeness (QED) is 0.580. The molecule has 1 aromatic carbocycles. The van der Waals surface area contributed by atoms with Gasteiger partial charge in [-0.15, -0.1) is 0 Å². The van der Waals surface area contributed by atoms with Gasteiger partial charge in [-0.2, -0.15) is 0 Å². The molecule has 0 aliphatic heterocycles. The fourth-order valence-corrected chi connectivity index (χ4v) is 2.66. The summed E-state index contributed by atoms with van der Waals surface area (Å²) in [6.45, 7) is 2.69. The average molecular weight is 258 g/mol. The lowest BCUT2D eigenvalue weighted by Crippen LogP contribution is -2.05. The number of nitrogen functional groups attached to an aromatic ring is 1. The maximum Gasteiger partial charge on any atom is 0.107 e. The van der Waals surface area contributed by atoms with E-state index < -0.39 is 0 Å². The van der Waals surface area contributed by atoms with Crippen LogP contribution in [0.15, 0.2) is 18.2 Å². The van der Waals surface area contributed by atoms with Crippen molar-refractivity contribution in [1.29, 1.82) is 0 Å². The highest BCUT2D eigenvalue weighted by Gasteiger charge is 2.13. The number of aliphatic hydroxyl groups excluding tert-OH is 1. The van der Waals surface area contributed by atoms with Crippen molar-refractivity contribution >= 4 is 33.4 Å². The Morgan fingerprint density at radius 1 is 1.42 bits per heavy atom. The number of H-pyrrole nitrogens is 1. The number of nitrogens with two attached hydrogens (primary N) is 1. The van der Waals surface area contributed by atoms with Gasteiger partial charge >= 0.3 is 0 Å². The molecule has 19 heavy (non-hydrogen) atoms. The van der Waals surface area contributed by atoms with Crippen LogP contribution in [-0.2, 0) is 7.05 Å². The molecule has 0 bridgehead atoms. The van der Waals surface area contributed by atoms with Crippen molar-refractivity contribution in [3.8, 4) is 0 Å². The van der Waals surface area contributed by atoms with E-state index in [-0.39, 0.29) is 6.61 Å². The van der Waals surface area contributed by atoms with Crippen molar-refractivity contribution in [2.75, 3.05) is 24.2 Å². The zero-order valence-electron chi connectivity index (χ0n) is 11.1. The minimum Gasteiger partial charge on any atom is -0.395 e. The number of hydrogen-bond donors (Lipinski definition) is 4. The van der Waals surface area contributed by atoms with Crippen LogP contribution in [0.3, 0.4) is 0 Å². The number of aliphatic hydroxyl groups is 1. The molecule has 0 fully saturated rings. The molecule has 0 aliphatic rings. The van der Waals surface area contributed by atoms with Crippen molar-refractivity contribution < 1.29 is 5.11 Å². The van der Waals surface area contributed by atoms with Crippen LogP contribution in [0.4, 0.5) is 11.6 Å². The van der Waals surface area contributed by atoms with Crippen LogP contribution >= 0.6 is 0 Å². The Morgan fingerprint density at radius 3 is 2.95 bits per heavy atom. The van der Waals surface area contributed by atoms with E-state index in [1.807, 2.05) is 18.5 Å². The fraction of sp³-hybridized carbons (Fsp3) is 0.286. The van der Waals surface area contributed by atoms with Crippen LogP contribution in [0.1, 0.15) is 5.56 Å². The highest BCUT2D eigenvalue weighted by molar-refractivity contribution is 6.10. The number of aromatic nitrogens is 2. The Hall–Kier alpha value is -2.14. The lowest BCUT2D eigenvalue weighted by atomic mass is 10.1.